The van der Waals surface area contributed by atoms with E-state index in [-0.39, 0.29) is 10.8 Å². The molecular formula is C12H15BrClNO3S. The van der Waals surface area contributed by atoms with E-state index >= 15 is 0 Å². The molecule has 0 bridgehead atoms. The molecule has 0 atom stereocenters. The molecule has 0 aliphatic heterocycles. The molecule has 0 heterocycles. The van der Waals surface area contributed by atoms with Crippen molar-refractivity contribution >= 4 is 41.6 Å². The second kappa shape index (κ2) is 6.24. The lowest BCUT2D eigenvalue weighted by molar-refractivity contribution is 0.0772. The highest BCUT2D eigenvalue weighted by Crippen LogP contribution is 2.28. The van der Waals surface area contributed by atoms with Gasteiger partial charge >= 0.3 is 0 Å². The molecule has 0 N–H and O–H groups in total. The van der Waals surface area contributed by atoms with E-state index in [9.17, 15) is 13.2 Å². The molecule has 0 saturated heterocycles. The summed E-state index contributed by atoms with van der Waals surface area (Å²) in [6.45, 7) is 6.44. The predicted molar refractivity (Wildman–Crippen MR) is 79.2 cm³/mol. The van der Waals surface area contributed by atoms with E-state index < -0.39 is 9.05 Å². The minimum atomic E-state index is -3.88. The van der Waals surface area contributed by atoms with Crippen molar-refractivity contribution in [3.05, 3.63) is 27.7 Å². The SMILES string of the molecule is CCN(CC)C(=O)c1cc(Br)cc(S(=O)(=O)Cl)c1C. The topological polar surface area (TPSA) is 54.5 Å². The third kappa shape index (κ3) is 3.70. The van der Waals surface area contributed by atoms with Crippen LogP contribution in [0.25, 0.3) is 0 Å². The predicted octanol–water partition coefficient (Wildman–Crippen LogP) is 3.17. The van der Waals surface area contributed by atoms with E-state index in [1.165, 1.54) is 6.07 Å². The summed E-state index contributed by atoms with van der Waals surface area (Å²) in [5, 5.41) is 0. The number of carbonyl (C=O) groups is 1. The molecule has 0 unspecified atom stereocenters. The molecule has 0 fully saturated rings. The van der Waals surface area contributed by atoms with Gasteiger partial charge in [0.15, 0.2) is 0 Å². The Balaban J connectivity index is 3.46. The Morgan fingerprint density at radius 2 is 1.84 bits per heavy atom. The first-order valence-electron chi connectivity index (χ1n) is 5.76. The van der Waals surface area contributed by atoms with Gasteiger partial charge in [-0.3, -0.25) is 4.79 Å². The van der Waals surface area contributed by atoms with Crippen LogP contribution in [-0.4, -0.2) is 32.3 Å². The summed E-state index contributed by atoms with van der Waals surface area (Å²) < 4.78 is 23.5. The highest BCUT2D eigenvalue weighted by atomic mass is 79.9. The molecule has 1 rings (SSSR count). The Morgan fingerprint density at radius 1 is 1.32 bits per heavy atom. The first kappa shape index (κ1) is 16.5. The normalized spacial score (nSPS) is 11.4. The van der Waals surface area contributed by atoms with Crippen LogP contribution in [0.2, 0.25) is 0 Å². The van der Waals surface area contributed by atoms with E-state index in [0.717, 1.165) is 0 Å². The van der Waals surface area contributed by atoms with Gasteiger partial charge in [-0.1, -0.05) is 15.9 Å². The van der Waals surface area contributed by atoms with Crippen LogP contribution < -0.4 is 0 Å². The van der Waals surface area contributed by atoms with Crippen molar-refractivity contribution in [2.24, 2.45) is 0 Å². The van der Waals surface area contributed by atoms with E-state index in [0.29, 0.717) is 28.7 Å². The third-order valence-corrected chi connectivity index (χ3v) is 4.77. The number of halogens is 2. The van der Waals surface area contributed by atoms with Gasteiger partial charge in [-0.25, -0.2) is 8.42 Å². The Bertz CT molecular complexity index is 597. The van der Waals surface area contributed by atoms with Gasteiger partial charge in [0, 0.05) is 33.8 Å². The summed E-state index contributed by atoms with van der Waals surface area (Å²) in [4.78, 5) is 13.9. The number of carbonyl (C=O) groups excluding carboxylic acids is 1. The van der Waals surface area contributed by atoms with Gasteiger partial charge in [0.2, 0.25) is 0 Å². The van der Waals surface area contributed by atoms with Crippen molar-refractivity contribution in [1.82, 2.24) is 4.90 Å². The monoisotopic (exact) mass is 367 g/mol. The van der Waals surface area contributed by atoms with Gasteiger partial charge in [0.1, 0.15) is 0 Å². The van der Waals surface area contributed by atoms with Gasteiger partial charge < -0.3 is 4.90 Å². The van der Waals surface area contributed by atoms with Crippen LogP contribution in [0.15, 0.2) is 21.5 Å². The van der Waals surface area contributed by atoms with Crippen molar-refractivity contribution in [3.8, 4) is 0 Å². The van der Waals surface area contributed by atoms with Crippen molar-refractivity contribution in [2.45, 2.75) is 25.7 Å². The molecule has 1 aromatic carbocycles. The summed E-state index contributed by atoms with van der Waals surface area (Å²) in [7, 11) is 1.51. The summed E-state index contributed by atoms with van der Waals surface area (Å²) >= 11 is 3.21. The smallest absolute Gasteiger partial charge is 0.261 e. The fraction of sp³-hybridized carbons (Fsp3) is 0.417. The van der Waals surface area contributed by atoms with Crippen LogP contribution in [0.5, 0.6) is 0 Å². The van der Waals surface area contributed by atoms with Gasteiger partial charge in [0.25, 0.3) is 15.0 Å². The quantitative estimate of drug-likeness (QED) is 0.767. The first-order valence-corrected chi connectivity index (χ1v) is 8.86. The zero-order valence-electron chi connectivity index (χ0n) is 10.9. The zero-order chi connectivity index (χ0) is 14.8. The van der Waals surface area contributed by atoms with Crippen LogP contribution in [0.4, 0.5) is 0 Å². The first-order chi connectivity index (χ1) is 8.72. The lowest BCUT2D eigenvalue weighted by Gasteiger charge is -2.20. The fourth-order valence-corrected chi connectivity index (χ4v) is 3.64. The van der Waals surface area contributed by atoms with Crippen LogP contribution in [-0.2, 0) is 9.05 Å². The molecule has 0 aliphatic rings. The Hall–Kier alpha value is -0.590. The minimum absolute atomic E-state index is 0.0425. The number of amides is 1. The molecule has 7 heteroatoms. The number of rotatable bonds is 4. The Labute approximate surface area is 126 Å². The maximum atomic E-state index is 12.3. The van der Waals surface area contributed by atoms with Crippen molar-refractivity contribution in [3.63, 3.8) is 0 Å². The van der Waals surface area contributed by atoms with Crippen LogP contribution in [0.1, 0.15) is 29.8 Å². The van der Waals surface area contributed by atoms with E-state index in [1.54, 1.807) is 17.9 Å². The second-order valence-electron chi connectivity index (χ2n) is 3.99. The molecule has 106 valence electrons. The van der Waals surface area contributed by atoms with Crippen molar-refractivity contribution in [1.29, 1.82) is 0 Å². The summed E-state index contributed by atoms with van der Waals surface area (Å²) in [6, 6.07) is 3.01. The number of benzene rings is 1. The molecule has 0 spiro atoms. The molecule has 0 aliphatic carbocycles. The maximum absolute atomic E-state index is 12.3. The molecule has 1 amide bonds. The lowest BCUT2D eigenvalue weighted by Crippen LogP contribution is -2.31. The van der Waals surface area contributed by atoms with Gasteiger partial charge in [-0.2, -0.15) is 0 Å². The molecule has 0 aromatic heterocycles. The Morgan fingerprint density at radius 3 is 2.26 bits per heavy atom. The van der Waals surface area contributed by atoms with Gasteiger partial charge in [-0.05, 0) is 38.5 Å². The number of nitrogens with zero attached hydrogens (tertiary/aromatic N) is 1. The van der Waals surface area contributed by atoms with Crippen LogP contribution in [0.3, 0.4) is 0 Å². The lowest BCUT2D eigenvalue weighted by atomic mass is 10.1. The van der Waals surface area contributed by atoms with Gasteiger partial charge in [0.05, 0.1) is 4.90 Å². The minimum Gasteiger partial charge on any atom is -0.339 e. The summed E-state index contributed by atoms with van der Waals surface area (Å²) in [5.41, 5.74) is 0.715. The molecular weight excluding hydrogens is 354 g/mol. The molecule has 19 heavy (non-hydrogen) atoms. The van der Waals surface area contributed by atoms with E-state index in [1.807, 2.05) is 13.8 Å². The van der Waals surface area contributed by atoms with Crippen molar-refractivity contribution < 1.29 is 13.2 Å². The number of hydrogen-bond donors (Lipinski definition) is 0. The fourth-order valence-electron chi connectivity index (χ4n) is 1.81. The largest absolute Gasteiger partial charge is 0.339 e. The summed E-state index contributed by atoms with van der Waals surface area (Å²) in [5.74, 6) is -0.203. The Kier molecular flexibility index (Phi) is 5.41. The van der Waals surface area contributed by atoms with E-state index in [4.69, 9.17) is 10.7 Å². The average Bonchev–Trinajstić information content (AvgIpc) is 2.31. The standard InChI is InChI=1S/C12H15BrClNO3S/c1-4-15(5-2)12(16)10-6-9(13)7-11(8(10)3)19(14,17)18/h6-7H,4-5H2,1-3H3. The summed E-state index contributed by atoms with van der Waals surface area (Å²) in [6.07, 6.45) is 0. The van der Waals surface area contributed by atoms with Gasteiger partial charge in [-0.15, -0.1) is 0 Å². The molecule has 0 radical (unpaired) electrons. The molecule has 4 nitrogen and oxygen atoms in total. The zero-order valence-corrected chi connectivity index (χ0v) is 14.1. The highest BCUT2D eigenvalue weighted by Gasteiger charge is 2.22. The third-order valence-electron chi connectivity index (χ3n) is 2.87. The highest BCUT2D eigenvalue weighted by molar-refractivity contribution is 9.10. The maximum Gasteiger partial charge on any atom is 0.261 e. The molecule has 1 aromatic rings. The van der Waals surface area contributed by atoms with Crippen molar-refractivity contribution in [2.75, 3.05) is 13.1 Å². The van der Waals surface area contributed by atoms with Crippen LogP contribution in [0, 0.1) is 6.92 Å². The van der Waals surface area contributed by atoms with Crippen LogP contribution >= 0.6 is 26.6 Å². The second-order valence-corrected chi connectivity index (χ2v) is 7.44. The average molecular weight is 369 g/mol. The molecule has 0 saturated carbocycles. The van der Waals surface area contributed by atoms with E-state index in [2.05, 4.69) is 15.9 Å². The number of hydrogen-bond acceptors (Lipinski definition) is 3.